The van der Waals surface area contributed by atoms with Crippen molar-refractivity contribution in [3.05, 3.63) is 29.8 Å². The zero-order chi connectivity index (χ0) is 14.1. The quantitative estimate of drug-likeness (QED) is 0.651. The standard InChI is InChI=1S/C14H21N3O2/c1-3-4-9-16-14(19)11-5-7-12(8-6-11)17-10-13(18)15-2/h5-8,17H,3-4,9-10H2,1-2H3,(H,15,18)(H,16,19). The highest BCUT2D eigenvalue weighted by atomic mass is 16.2. The topological polar surface area (TPSA) is 70.2 Å². The molecule has 0 heterocycles. The van der Waals surface area contributed by atoms with Gasteiger partial charge in [0.05, 0.1) is 6.54 Å². The van der Waals surface area contributed by atoms with Crippen molar-refractivity contribution in [1.82, 2.24) is 10.6 Å². The van der Waals surface area contributed by atoms with E-state index in [2.05, 4.69) is 22.9 Å². The molecule has 1 aromatic rings. The average molecular weight is 263 g/mol. The van der Waals surface area contributed by atoms with Crippen molar-refractivity contribution in [2.24, 2.45) is 0 Å². The Morgan fingerprint density at radius 1 is 1.16 bits per heavy atom. The van der Waals surface area contributed by atoms with Crippen LogP contribution in [0.2, 0.25) is 0 Å². The summed E-state index contributed by atoms with van der Waals surface area (Å²) in [6.07, 6.45) is 2.04. The number of hydrogen-bond donors (Lipinski definition) is 3. The Kier molecular flexibility index (Phi) is 6.43. The van der Waals surface area contributed by atoms with E-state index in [-0.39, 0.29) is 18.4 Å². The van der Waals surface area contributed by atoms with Crippen LogP contribution in [0.5, 0.6) is 0 Å². The molecule has 0 aromatic heterocycles. The first kappa shape index (κ1) is 15.0. The number of rotatable bonds is 7. The molecule has 0 atom stereocenters. The number of anilines is 1. The van der Waals surface area contributed by atoms with E-state index in [4.69, 9.17) is 0 Å². The SMILES string of the molecule is CCCCNC(=O)c1ccc(NCC(=O)NC)cc1. The zero-order valence-electron chi connectivity index (χ0n) is 11.5. The van der Waals surface area contributed by atoms with Gasteiger partial charge >= 0.3 is 0 Å². The monoisotopic (exact) mass is 263 g/mol. The summed E-state index contributed by atoms with van der Waals surface area (Å²) in [5.41, 5.74) is 1.44. The number of likely N-dealkylation sites (N-methyl/N-ethyl adjacent to an activating group) is 1. The van der Waals surface area contributed by atoms with Gasteiger partial charge in [-0.3, -0.25) is 9.59 Å². The third-order valence-electron chi connectivity index (χ3n) is 2.69. The minimum Gasteiger partial charge on any atom is -0.376 e. The van der Waals surface area contributed by atoms with Crippen LogP contribution < -0.4 is 16.0 Å². The fourth-order valence-corrected chi connectivity index (χ4v) is 1.49. The van der Waals surface area contributed by atoms with E-state index < -0.39 is 0 Å². The molecule has 1 rings (SSSR count). The molecule has 0 aliphatic carbocycles. The second kappa shape index (κ2) is 8.13. The van der Waals surface area contributed by atoms with Crippen LogP contribution in [0, 0.1) is 0 Å². The molecule has 0 fully saturated rings. The minimum absolute atomic E-state index is 0.0636. The smallest absolute Gasteiger partial charge is 0.251 e. The van der Waals surface area contributed by atoms with Gasteiger partial charge in [0.25, 0.3) is 5.91 Å². The molecule has 1 aromatic carbocycles. The van der Waals surface area contributed by atoms with Gasteiger partial charge in [0.2, 0.25) is 5.91 Å². The number of benzene rings is 1. The third-order valence-corrected chi connectivity index (χ3v) is 2.69. The second-order valence-corrected chi connectivity index (χ2v) is 4.21. The van der Waals surface area contributed by atoms with Gasteiger partial charge in [0.15, 0.2) is 0 Å². The fraction of sp³-hybridized carbons (Fsp3) is 0.429. The van der Waals surface area contributed by atoms with Gasteiger partial charge < -0.3 is 16.0 Å². The lowest BCUT2D eigenvalue weighted by molar-refractivity contribution is -0.118. The van der Waals surface area contributed by atoms with Crippen LogP contribution in [0.15, 0.2) is 24.3 Å². The molecular weight excluding hydrogens is 242 g/mol. The van der Waals surface area contributed by atoms with Gasteiger partial charge in [0, 0.05) is 24.8 Å². The number of carbonyl (C=O) groups excluding carboxylic acids is 2. The van der Waals surface area contributed by atoms with E-state index >= 15 is 0 Å². The molecule has 0 aliphatic heterocycles. The van der Waals surface area contributed by atoms with Crippen LogP contribution >= 0.6 is 0 Å². The molecule has 0 saturated heterocycles. The predicted octanol–water partition coefficient (Wildman–Crippen LogP) is 1.37. The van der Waals surface area contributed by atoms with Crippen LogP contribution in [-0.4, -0.2) is 32.0 Å². The molecule has 0 radical (unpaired) electrons. The highest BCUT2D eigenvalue weighted by Gasteiger charge is 2.04. The maximum absolute atomic E-state index is 11.7. The number of carbonyl (C=O) groups is 2. The molecule has 0 saturated carbocycles. The zero-order valence-corrected chi connectivity index (χ0v) is 11.5. The average Bonchev–Trinajstić information content (AvgIpc) is 2.45. The Morgan fingerprint density at radius 3 is 2.42 bits per heavy atom. The lowest BCUT2D eigenvalue weighted by atomic mass is 10.2. The van der Waals surface area contributed by atoms with Crippen molar-refractivity contribution in [3.63, 3.8) is 0 Å². The van der Waals surface area contributed by atoms with Crippen LogP contribution in [0.1, 0.15) is 30.1 Å². The molecule has 104 valence electrons. The Bertz CT molecular complexity index is 415. The molecule has 19 heavy (non-hydrogen) atoms. The maximum atomic E-state index is 11.7. The molecule has 0 unspecified atom stereocenters. The highest BCUT2D eigenvalue weighted by molar-refractivity contribution is 5.94. The summed E-state index contributed by atoms with van der Waals surface area (Å²) in [4.78, 5) is 22.8. The van der Waals surface area contributed by atoms with E-state index in [0.29, 0.717) is 12.1 Å². The first-order chi connectivity index (χ1) is 9.17. The van der Waals surface area contributed by atoms with Crippen LogP contribution in [0.3, 0.4) is 0 Å². The Morgan fingerprint density at radius 2 is 1.84 bits per heavy atom. The van der Waals surface area contributed by atoms with Gasteiger partial charge in [-0.1, -0.05) is 13.3 Å². The van der Waals surface area contributed by atoms with Gasteiger partial charge in [-0.25, -0.2) is 0 Å². The van der Waals surface area contributed by atoms with Crippen molar-refractivity contribution < 1.29 is 9.59 Å². The van der Waals surface area contributed by atoms with Gasteiger partial charge in [-0.05, 0) is 30.7 Å². The Labute approximate surface area is 113 Å². The van der Waals surface area contributed by atoms with E-state index in [1.807, 2.05) is 0 Å². The second-order valence-electron chi connectivity index (χ2n) is 4.21. The summed E-state index contributed by atoms with van der Waals surface area (Å²) < 4.78 is 0. The first-order valence-electron chi connectivity index (χ1n) is 6.50. The van der Waals surface area contributed by atoms with Crippen molar-refractivity contribution in [2.45, 2.75) is 19.8 Å². The molecule has 2 amide bonds. The third kappa shape index (κ3) is 5.42. The Hall–Kier alpha value is -2.04. The highest BCUT2D eigenvalue weighted by Crippen LogP contribution is 2.09. The number of unbranched alkanes of at least 4 members (excludes halogenated alkanes) is 1. The molecule has 5 nitrogen and oxygen atoms in total. The summed E-state index contributed by atoms with van der Waals surface area (Å²) in [7, 11) is 1.59. The van der Waals surface area contributed by atoms with Crippen molar-refractivity contribution in [1.29, 1.82) is 0 Å². The first-order valence-corrected chi connectivity index (χ1v) is 6.50. The lowest BCUT2D eigenvalue weighted by Crippen LogP contribution is -2.26. The van der Waals surface area contributed by atoms with E-state index in [0.717, 1.165) is 18.5 Å². The predicted molar refractivity (Wildman–Crippen MR) is 76.2 cm³/mol. The molecule has 0 aliphatic rings. The Balaban J connectivity index is 2.46. The maximum Gasteiger partial charge on any atom is 0.251 e. The molecule has 0 bridgehead atoms. The van der Waals surface area contributed by atoms with Crippen molar-refractivity contribution >= 4 is 17.5 Å². The molecule has 5 heteroatoms. The van der Waals surface area contributed by atoms with Gasteiger partial charge in [-0.15, -0.1) is 0 Å². The summed E-state index contributed by atoms with van der Waals surface area (Å²) in [5, 5.41) is 8.35. The van der Waals surface area contributed by atoms with E-state index in [9.17, 15) is 9.59 Å². The van der Waals surface area contributed by atoms with E-state index in [1.165, 1.54) is 0 Å². The number of amides is 2. The van der Waals surface area contributed by atoms with Crippen LogP contribution in [0.25, 0.3) is 0 Å². The molecule has 0 spiro atoms. The van der Waals surface area contributed by atoms with Crippen LogP contribution in [-0.2, 0) is 4.79 Å². The lowest BCUT2D eigenvalue weighted by Gasteiger charge is -2.07. The minimum atomic E-state index is -0.0821. The normalized spacial score (nSPS) is 9.79. The summed E-state index contributed by atoms with van der Waals surface area (Å²) >= 11 is 0. The van der Waals surface area contributed by atoms with Crippen LogP contribution in [0.4, 0.5) is 5.69 Å². The number of nitrogens with one attached hydrogen (secondary N) is 3. The summed E-state index contributed by atoms with van der Waals surface area (Å²) in [6, 6.07) is 7.07. The fourth-order valence-electron chi connectivity index (χ4n) is 1.49. The molecular formula is C14H21N3O2. The molecule has 3 N–H and O–H groups in total. The van der Waals surface area contributed by atoms with Crippen molar-refractivity contribution in [3.8, 4) is 0 Å². The summed E-state index contributed by atoms with van der Waals surface area (Å²) in [5.74, 6) is -0.146. The van der Waals surface area contributed by atoms with Gasteiger partial charge in [-0.2, -0.15) is 0 Å². The largest absolute Gasteiger partial charge is 0.376 e. The van der Waals surface area contributed by atoms with E-state index in [1.54, 1.807) is 31.3 Å². The number of hydrogen-bond acceptors (Lipinski definition) is 3. The van der Waals surface area contributed by atoms with Crippen molar-refractivity contribution in [2.75, 3.05) is 25.5 Å². The summed E-state index contributed by atoms with van der Waals surface area (Å²) in [6.45, 7) is 3.00. The van der Waals surface area contributed by atoms with Gasteiger partial charge in [0.1, 0.15) is 0 Å².